The summed E-state index contributed by atoms with van der Waals surface area (Å²) in [5.41, 5.74) is 0. The van der Waals surface area contributed by atoms with Crippen molar-refractivity contribution < 1.29 is 28.6 Å². The maximum Gasteiger partial charge on any atom is 0.306 e. The van der Waals surface area contributed by atoms with Gasteiger partial charge in [0.25, 0.3) is 0 Å². The molecule has 0 aliphatic heterocycles. The second-order valence-corrected chi connectivity index (χ2v) is 24.1. The van der Waals surface area contributed by atoms with Gasteiger partial charge in [0.05, 0.1) is 0 Å². The van der Waals surface area contributed by atoms with Crippen molar-refractivity contribution in [2.45, 2.75) is 406 Å². The van der Waals surface area contributed by atoms with E-state index in [9.17, 15) is 14.4 Å². The van der Waals surface area contributed by atoms with Gasteiger partial charge in [0, 0.05) is 19.3 Å². The van der Waals surface area contributed by atoms with Gasteiger partial charge in [-0.3, -0.25) is 14.4 Å². The quantitative estimate of drug-likeness (QED) is 0.0261. The zero-order valence-corrected chi connectivity index (χ0v) is 53.0. The smallest absolute Gasteiger partial charge is 0.306 e. The normalized spacial score (nSPS) is 12.1. The highest BCUT2D eigenvalue weighted by atomic mass is 16.6. The molecule has 460 valence electrons. The largest absolute Gasteiger partial charge is 0.462 e. The lowest BCUT2D eigenvalue weighted by atomic mass is 10.0. The molecule has 1 unspecified atom stereocenters. The molecule has 1 atom stereocenters. The third kappa shape index (κ3) is 64.7. The van der Waals surface area contributed by atoms with E-state index in [-0.39, 0.29) is 31.1 Å². The van der Waals surface area contributed by atoms with Crippen LogP contribution in [0.4, 0.5) is 0 Å². The molecule has 0 rings (SSSR count). The molecule has 0 fully saturated rings. The number of esters is 3. The third-order valence-electron chi connectivity index (χ3n) is 16.2. The average Bonchev–Trinajstić information content (AvgIpc) is 3.44. The third-order valence-corrected chi connectivity index (χ3v) is 16.2. The molecular weight excluding hydrogens is 961 g/mol. The summed E-state index contributed by atoms with van der Waals surface area (Å²) in [6.07, 6.45) is 82.2. The Morgan fingerprint density at radius 1 is 0.244 bits per heavy atom. The van der Waals surface area contributed by atoms with E-state index in [0.717, 1.165) is 70.6 Å². The molecule has 0 spiro atoms. The molecule has 6 heteroatoms. The lowest BCUT2D eigenvalue weighted by Crippen LogP contribution is -2.30. The number of ether oxygens (including phenoxy) is 3. The van der Waals surface area contributed by atoms with Gasteiger partial charge in [0.2, 0.25) is 0 Å². The molecular formula is C72H136O6. The van der Waals surface area contributed by atoms with Crippen molar-refractivity contribution in [3.63, 3.8) is 0 Å². The van der Waals surface area contributed by atoms with Crippen LogP contribution in [-0.4, -0.2) is 37.2 Å². The molecule has 0 aromatic heterocycles. The van der Waals surface area contributed by atoms with Crippen molar-refractivity contribution in [1.82, 2.24) is 0 Å². The Hall–Kier alpha value is -2.11. The van der Waals surface area contributed by atoms with Gasteiger partial charge in [-0.2, -0.15) is 0 Å². The van der Waals surface area contributed by atoms with Crippen molar-refractivity contribution in [2.75, 3.05) is 13.2 Å². The minimum absolute atomic E-state index is 0.0722. The molecule has 6 nitrogen and oxygen atoms in total. The van der Waals surface area contributed by atoms with Gasteiger partial charge < -0.3 is 14.2 Å². The van der Waals surface area contributed by atoms with Gasteiger partial charge in [-0.1, -0.05) is 334 Å². The van der Waals surface area contributed by atoms with Crippen molar-refractivity contribution in [3.8, 4) is 0 Å². The predicted octanol–water partition coefficient (Wildman–Crippen LogP) is 24.2. The molecule has 0 N–H and O–H groups in total. The van der Waals surface area contributed by atoms with Crippen LogP contribution in [-0.2, 0) is 28.6 Å². The molecule has 0 saturated heterocycles. The van der Waals surface area contributed by atoms with Crippen LogP contribution in [0.1, 0.15) is 400 Å². The monoisotopic (exact) mass is 1100 g/mol. The second kappa shape index (κ2) is 67.4. The van der Waals surface area contributed by atoms with Gasteiger partial charge >= 0.3 is 17.9 Å². The fourth-order valence-corrected chi connectivity index (χ4v) is 10.8. The number of carbonyl (C=O) groups excluding carboxylic acids is 3. The van der Waals surface area contributed by atoms with Crippen LogP contribution in [0, 0.1) is 0 Å². The van der Waals surface area contributed by atoms with Crippen LogP contribution >= 0.6 is 0 Å². The Morgan fingerprint density at radius 2 is 0.423 bits per heavy atom. The second-order valence-electron chi connectivity index (χ2n) is 24.1. The Balaban J connectivity index is 4.15. The lowest BCUT2D eigenvalue weighted by Gasteiger charge is -2.18. The molecule has 78 heavy (non-hydrogen) atoms. The van der Waals surface area contributed by atoms with Crippen LogP contribution in [0.15, 0.2) is 24.3 Å². The fourth-order valence-electron chi connectivity index (χ4n) is 10.8. The molecule has 0 aromatic rings. The molecule has 0 aliphatic carbocycles. The minimum atomic E-state index is -0.777. The number of unbranched alkanes of at least 4 members (excludes halogenated alkanes) is 51. The molecule has 0 aliphatic rings. The van der Waals surface area contributed by atoms with E-state index < -0.39 is 6.10 Å². The number of allylic oxidation sites excluding steroid dienone is 4. The first-order valence-corrected chi connectivity index (χ1v) is 35.3. The maximum absolute atomic E-state index is 12.9. The predicted molar refractivity (Wildman–Crippen MR) is 340 cm³/mol. The summed E-state index contributed by atoms with van der Waals surface area (Å²) in [5, 5.41) is 0. The van der Waals surface area contributed by atoms with Gasteiger partial charge in [-0.25, -0.2) is 0 Å². The Kier molecular flexibility index (Phi) is 65.6. The van der Waals surface area contributed by atoms with E-state index in [4.69, 9.17) is 14.2 Å². The van der Waals surface area contributed by atoms with Crippen LogP contribution < -0.4 is 0 Å². The number of rotatable bonds is 66. The van der Waals surface area contributed by atoms with Crippen LogP contribution in [0.3, 0.4) is 0 Å². The minimum Gasteiger partial charge on any atom is -0.462 e. The number of hydrogen-bond donors (Lipinski definition) is 0. The fraction of sp³-hybridized carbons (Fsp3) is 0.903. The van der Waals surface area contributed by atoms with Crippen molar-refractivity contribution in [1.29, 1.82) is 0 Å². The summed E-state index contributed by atoms with van der Waals surface area (Å²) in [5.74, 6) is -0.862. The molecule has 0 heterocycles. The topological polar surface area (TPSA) is 78.9 Å². The highest BCUT2D eigenvalue weighted by molar-refractivity contribution is 5.71. The van der Waals surface area contributed by atoms with Gasteiger partial charge in [-0.15, -0.1) is 0 Å². The summed E-state index contributed by atoms with van der Waals surface area (Å²) < 4.78 is 17.0. The summed E-state index contributed by atoms with van der Waals surface area (Å²) in [7, 11) is 0. The Morgan fingerprint density at radius 3 is 0.641 bits per heavy atom. The van der Waals surface area contributed by atoms with Gasteiger partial charge in [-0.05, 0) is 70.6 Å². The average molecular weight is 1100 g/mol. The van der Waals surface area contributed by atoms with E-state index >= 15 is 0 Å². The highest BCUT2D eigenvalue weighted by Crippen LogP contribution is 2.19. The molecule has 0 bridgehead atoms. The van der Waals surface area contributed by atoms with Crippen LogP contribution in [0.5, 0.6) is 0 Å². The summed E-state index contributed by atoms with van der Waals surface area (Å²) >= 11 is 0. The Bertz CT molecular complexity index is 1260. The van der Waals surface area contributed by atoms with Crippen molar-refractivity contribution >= 4 is 17.9 Å². The first-order chi connectivity index (χ1) is 38.5. The summed E-state index contributed by atoms with van der Waals surface area (Å²) in [6.45, 7) is 6.69. The Labute approximate surface area is 487 Å². The maximum atomic E-state index is 12.9. The van der Waals surface area contributed by atoms with Crippen LogP contribution in [0.2, 0.25) is 0 Å². The van der Waals surface area contributed by atoms with Crippen molar-refractivity contribution in [3.05, 3.63) is 24.3 Å². The van der Waals surface area contributed by atoms with E-state index in [2.05, 4.69) is 45.1 Å². The zero-order valence-electron chi connectivity index (χ0n) is 53.0. The van der Waals surface area contributed by atoms with Gasteiger partial charge in [0.1, 0.15) is 13.2 Å². The molecule has 0 amide bonds. The highest BCUT2D eigenvalue weighted by Gasteiger charge is 2.19. The summed E-state index contributed by atoms with van der Waals surface area (Å²) in [4.78, 5) is 38.3. The van der Waals surface area contributed by atoms with E-state index in [1.54, 1.807) is 0 Å². The standard InChI is InChI=1S/C72H136O6/c1-4-7-10-13-16-19-22-25-28-30-31-32-33-34-35-36-37-38-39-40-41-42-43-45-47-50-53-56-59-62-65-71(74)77-68-69(67-76-70(73)64-61-58-55-52-49-46-27-24-21-18-15-12-9-6-3)78-72(75)66-63-60-57-54-51-48-44-29-26-23-20-17-14-11-8-5-2/h24,27,29,44,69H,4-23,25-26,28,30-43,45-68H2,1-3H3/b27-24-,44-29-. The van der Waals surface area contributed by atoms with Crippen LogP contribution in [0.25, 0.3) is 0 Å². The summed E-state index contributed by atoms with van der Waals surface area (Å²) in [6, 6.07) is 0. The van der Waals surface area contributed by atoms with E-state index in [1.807, 2.05) is 0 Å². The first kappa shape index (κ1) is 75.9. The lowest BCUT2D eigenvalue weighted by molar-refractivity contribution is -0.167. The first-order valence-electron chi connectivity index (χ1n) is 35.3. The number of carbonyl (C=O) groups is 3. The zero-order chi connectivity index (χ0) is 56.4. The molecule has 0 saturated carbocycles. The van der Waals surface area contributed by atoms with E-state index in [0.29, 0.717) is 19.3 Å². The number of hydrogen-bond acceptors (Lipinski definition) is 6. The molecule has 0 aromatic carbocycles. The van der Waals surface area contributed by atoms with Crippen molar-refractivity contribution in [2.24, 2.45) is 0 Å². The van der Waals surface area contributed by atoms with E-state index in [1.165, 1.54) is 289 Å². The SMILES string of the molecule is CCCCCCC/C=C\CCCCCCCC(=O)OCC(COC(=O)CCCCCCCCCCCCCCCCCCCCCCCCCCCCCCCC)OC(=O)CCCCCCC/C=C\CCCCCCCCC. The molecule has 0 radical (unpaired) electrons. The van der Waals surface area contributed by atoms with Gasteiger partial charge in [0.15, 0.2) is 6.10 Å².